The second-order valence-electron chi connectivity index (χ2n) is 2.84. The van der Waals surface area contributed by atoms with E-state index in [-0.39, 0.29) is 0 Å². The van der Waals surface area contributed by atoms with Crippen LogP contribution in [-0.2, 0) is 11.2 Å². The van der Waals surface area contributed by atoms with Crippen LogP contribution in [0.5, 0.6) is 0 Å². The highest BCUT2D eigenvalue weighted by Gasteiger charge is 2.23. The maximum atomic E-state index is 13.3. The number of nitrogens with zero attached hydrogens (tertiary/aromatic N) is 2. The summed E-state index contributed by atoms with van der Waals surface area (Å²) in [4.78, 5) is 13.6. The Morgan fingerprint density at radius 2 is 2.25 bits per heavy atom. The van der Waals surface area contributed by atoms with Crippen LogP contribution in [0.2, 0.25) is 0 Å². The topological polar surface area (TPSA) is 74.0 Å². The first kappa shape index (κ1) is 12.0. The summed E-state index contributed by atoms with van der Waals surface area (Å²) in [6.45, 7) is 0. The quantitative estimate of drug-likeness (QED) is 0.856. The molecule has 0 fully saturated rings. The van der Waals surface area contributed by atoms with Crippen molar-refractivity contribution in [3.8, 4) is 6.07 Å². The van der Waals surface area contributed by atoms with Crippen molar-refractivity contribution in [1.29, 1.82) is 5.26 Å². The molecule has 0 aromatic carbocycles. The van der Waals surface area contributed by atoms with E-state index in [9.17, 15) is 18.0 Å². The third-order valence-corrected chi connectivity index (χ3v) is 1.81. The number of hydrogen-bond acceptors (Lipinski definition) is 3. The zero-order valence-corrected chi connectivity index (χ0v) is 7.75. The van der Waals surface area contributed by atoms with Gasteiger partial charge in [0.2, 0.25) is 0 Å². The molecule has 4 nitrogen and oxygen atoms in total. The summed E-state index contributed by atoms with van der Waals surface area (Å²) >= 11 is 0. The molecule has 0 saturated carbocycles. The van der Waals surface area contributed by atoms with Gasteiger partial charge in [0.15, 0.2) is 11.5 Å². The van der Waals surface area contributed by atoms with Gasteiger partial charge in [-0.2, -0.15) is 5.26 Å². The van der Waals surface area contributed by atoms with Crippen molar-refractivity contribution >= 4 is 5.97 Å². The standard InChI is InChI=1S/C9H5F3N2O2/c10-8-5(2-13)14-3-4(1-6(15)16)7(8)9(11)12/h3,9H,1H2,(H,15,16). The molecule has 0 atom stereocenters. The predicted molar refractivity (Wildman–Crippen MR) is 45.2 cm³/mol. The van der Waals surface area contributed by atoms with Crippen LogP contribution in [0.4, 0.5) is 13.2 Å². The third kappa shape index (κ3) is 2.28. The maximum Gasteiger partial charge on any atom is 0.307 e. The Hall–Kier alpha value is -2.10. The fraction of sp³-hybridized carbons (Fsp3) is 0.222. The number of alkyl halides is 2. The summed E-state index contributed by atoms with van der Waals surface area (Å²) in [5, 5.41) is 16.8. The van der Waals surface area contributed by atoms with Gasteiger partial charge in [0.05, 0.1) is 12.0 Å². The molecular formula is C9H5F3N2O2. The van der Waals surface area contributed by atoms with E-state index in [0.717, 1.165) is 6.20 Å². The van der Waals surface area contributed by atoms with Crippen LogP contribution in [0.3, 0.4) is 0 Å². The molecule has 7 heteroatoms. The van der Waals surface area contributed by atoms with Gasteiger partial charge in [0.25, 0.3) is 6.43 Å². The maximum absolute atomic E-state index is 13.3. The number of nitriles is 1. The van der Waals surface area contributed by atoms with E-state index < -0.39 is 41.5 Å². The van der Waals surface area contributed by atoms with E-state index in [2.05, 4.69) is 4.98 Å². The van der Waals surface area contributed by atoms with E-state index in [0.29, 0.717) is 0 Å². The van der Waals surface area contributed by atoms with Gasteiger partial charge in [-0.15, -0.1) is 0 Å². The molecule has 0 amide bonds. The Morgan fingerprint density at radius 1 is 1.62 bits per heavy atom. The van der Waals surface area contributed by atoms with Gasteiger partial charge >= 0.3 is 5.97 Å². The molecule has 1 aromatic heterocycles. The Labute approximate surface area is 88.0 Å². The molecule has 0 bridgehead atoms. The molecule has 0 radical (unpaired) electrons. The number of hydrogen-bond donors (Lipinski definition) is 1. The normalized spacial score (nSPS) is 10.2. The van der Waals surface area contributed by atoms with Gasteiger partial charge in [0, 0.05) is 6.20 Å². The summed E-state index contributed by atoms with van der Waals surface area (Å²) in [7, 11) is 0. The van der Waals surface area contributed by atoms with Crippen LogP contribution in [0, 0.1) is 17.1 Å². The predicted octanol–water partition coefficient (Wildman–Crippen LogP) is 1.66. The highest BCUT2D eigenvalue weighted by Crippen LogP contribution is 2.27. The first-order chi connectivity index (χ1) is 7.47. The fourth-order valence-corrected chi connectivity index (χ4v) is 1.15. The molecule has 0 aliphatic heterocycles. The molecule has 1 aromatic rings. The van der Waals surface area contributed by atoms with Gasteiger partial charge in [-0.05, 0) is 5.56 Å². The Bertz CT molecular complexity index is 469. The van der Waals surface area contributed by atoms with Crippen molar-refractivity contribution in [2.75, 3.05) is 0 Å². The van der Waals surface area contributed by atoms with Crippen molar-refractivity contribution in [1.82, 2.24) is 4.98 Å². The number of aliphatic carboxylic acids is 1. The molecule has 1 rings (SSSR count). The van der Waals surface area contributed by atoms with Crippen molar-refractivity contribution in [2.45, 2.75) is 12.8 Å². The second kappa shape index (κ2) is 4.61. The molecule has 0 unspecified atom stereocenters. The van der Waals surface area contributed by atoms with Crippen molar-refractivity contribution in [3.05, 3.63) is 28.8 Å². The summed E-state index contributed by atoms with van der Waals surface area (Å²) < 4.78 is 38.2. The van der Waals surface area contributed by atoms with Crippen molar-refractivity contribution < 1.29 is 23.1 Å². The molecule has 0 saturated heterocycles. The molecule has 0 spiro atoms. The van der Waals surface area contributed by atoms with Crippen LogP contribution < -0.4 is 0 Å². The Morgan fingerprint density at radius 3 is 2.69 bits per heavy atom. The highest BCUT2D eigenvalue weighted by molar-refractivity contribution is 5.70. The number of carboxylic acids is 1. The zero-order valence-electron chi connectivity index (χ0n) is 7.75. The SMILES string of the molecule is N#Cc1ncc(CC(=O)O)c(C(F)F)c1F. The van der Waals surface area contributed by atoms with Crippen LogP contribution in [0.25, 0.3) is 0 Å². The van der Waals surface area contributed by atoms with Gasteiger partial charge in [0.1, 0.15) is 6.07 Å². The second-order valence-corrected chi connectivity index (χ2v) is 2.84. The lowest BCUT2D eigenvalue weighted by Crippen LogP contribution is -2.08. The molecule has 1 heterocycles. The van der Waals surface area contributed by atoms with E-state index in [1.165, 1.54) is 6.07 Å². The minimum atomic E-state index is -3.19. The fourth-order valence-electron chi connectivity index (χ4n) is 1.15. The summed E-state index contributed by atoms with van der Waals surface area (Å²) in [5.74, 6) is -2.84. The number of pyridine rings is 1. The summed E-state index contributed by atoms with van der Waals surface area (Å²) in [6, 6.07) is 1.30. The van der Waals surface area contributed by atoms with Crippen molar-refractivity contribution in [2.24, 2.45) is 0 Å². The number of halogens is 3. The lowest BCUT2D eigenvalue weighted by molar-refractivity contribution is -0.136. The summed E-state index contributed by atoms with van der Waals surface area (Å²) in [5.41, 5.74) is -2.28. The van der Waals surface area contributed by atoms with Gasteiger partial charge in [-0.3, -0.25) is 4.79 Å². The first-order valence-corrected chi connectivity index (χ1v) is 4.04. The minimum absolute atomic E-state index is 0.431. The molecule has 0 aliphatic rings. The smallest absolute Gasteiger partial charge is 0.307 e. The lowest BCUT2D eigenvalue weighted by Gasteiger charge is -2.08. The first-order valence-electron chi connectivity index (χ1n) is 4.04. The van der Waals surface area contributed by atoms with E-state index in [4.69, 9.17) is 10.4 Å². The minimum Gasteiger partial charge on any atom is -0.481 e. The molecule has 84 valence electrons. The van der Waals surface area contributed by atoms with Crippen molar-refractivity contribution in [3.63, 3.8) is 0 Å². The zero-order chi connectivity index (χ0) is 12.3. The number of carbonyl (C=O) groups is 1. The summed E-state index contributed by atoms with van der Waals surface area (Å²) in [6.07, 6.45) is -3.18. The van der Waals surface area contributed by atoms with Crippen LogP contribution in [0.15, 0.2) is 6.20 Å². The van der Waals surface area contributed by atoms with E-state index in [1.807, 2.05) is 0 Å². The van der Waals surface area contributed by atoms with Gasteiger partial charge < -0.3 is 5.11 Å². The number of rotatable bonds is 3. The lowest BCUT2D eigenvalue weighted by atomic mass is 10.1. The Balaban J connectivity index is 3.35. The third-order valence-electron chi connectivity index (χ3n) is 1.81. The number of carboxylic acid groups (broad SMARTS) is 1. The molecule has 1 N–H and O–H groups in total. The number of aromatic nitrogens is 1. The highest BCUT2D eigenvalue weighted by atomic mass is 19.3. The van der Waals surface area contributed by atoms with E-state index >= 15 is 0 Å². The molecular weight excluding hydrogens is 225 g/mol. The average Bonchev–Trinajstić information content (AvgIpc) is 2.16. The van der Waals surface area contributed by atoms with Crippen LogP contribution in [0.1, 0.15) is 23.2 Å². The Kier molecular flexibility index (Phi) is 3.45. The monoisotopic (exact) mass is 230 g/mol. The van der Waals surface area contributed by atoms with E-state index in [1.54, 1.807) is 0 Å². The molecule has 0 aliphatic carbocycles. The van der Waals surface area contributed by atoms with Gasteiger partial charge in [-0.1, -0.05) is 0 Å². The van der Waals surface area contributed by atoms with Crippen LogP contribution >= 0.6 is 0 Å². The van der Waals surface area contributed by atoms with Gasteiger partial charge in [-0.25, -0.2) is 18.2 Å². The van der Waals surface area contributed by atoms with Crippen LogP contribution in [-0.4, -0.2) is 16.1 Å². The average molecular weight is 230 g/mol. The molecule has 16 heavy (non-hydrogen) atoms. The largest absolute Gasteiger partial charge is 0.481 e.